The number of hydrogen-bond acceptors (Lipinski definition) is 2. The van der Waals surface area contributed by atoms with Crippen molar-refractivity contribution >= 4 is 11.8 Å². The summed E-state index contributed by atoms with van der Waals surface area (Å²) in [5.41, 5.74) is 0.373. The topological polar surface area (TPSA) is 9.23 Å². The highest BCUT2D eigenvalue weighted by Crippen LogP contribution is 2.43. The van der Waals surface area contributed by atoms with E-state index in [1.54, 1.807) is 0 Å². The van der Waals surface area contributed by atoms with E-state index in [2.05, 4.69) is 39.8 Å². The summed E-state index contributed by atoms with van der Waals surface area (Å²) >= 11 is 1.96. The number of ether oxygens (including phenoxy) is 1. The van der Waals surface area contributed by atoms with Gasteiger partial charge in [0.15, 0.2) is 0 Å². The van der Waals surface area contributed by atoms with Crippen LogP contribution in [0.3, 0.4) is 0 Å². The Labute approximate surface area is 110 Å². The molecule has 98 valence electrons. The van der Waals surface area contributed by atoms with Gasteiger partial charge in [-0.15, -0.1) is 11.8 Å². The fourth-order valence-corrected chi connectivity index (χ4v) is 4.29. The molecule has 0 aromatic rings. The highest BCUT2D eigenvalue weighted by Gasteiger charge is 2.40. The Kier molecular flexibility index (Phi) is 4.59. The Balaban J connectivity index is 2.13. The van der Waals surface area contributed by atoms with E-state index >= 15 is 0 Å². The van der Waals surface area contributed by atoms with Crippen LogP contribution < -0.4 is 0 Å². The molecule has 0 radical (unpaired) electrons. The van der Waals surface area contributed by atoms with Crippen LogP contribution in [0.2, 0.25) is 0 Å². The molecular formula is C15H26OS. The van der Waals surface area contributed by atoms with Crippen LogP contribution in [0.4, 0.5) is 0 Å². The van der Waals surface area contributed by atoms with Crippen molar-refractivity contribution in [1.82, 2.24) is 0 Å². The number of hydrogen-bond donors (Lipinski definition) is 0. The molecule has 0 amide bonds. The van der Waals surface area contributed by atoms with E-state index in [1.807, 2.05) is 11.8 Å². The summed E-state index contributed by atoms with van der Waals surface area (Å²) in [6.45, 7) is 9.31. The Morgan fingerprint density at radius 3 is 2.65 bits per heavy atom. The molecule has 0 aromatic heterocycles. The van der Waals surface area contributed by atoms with Crippen LogP contribution in [-0.2, 0) is 4.74 Å². The predicted octanol–water partition coefficient (Wildman–Crippen LogP) is 4.34. The van der Waals surface area contributed by atoms with Crippen molar-refractivity contribution in [3.05, 3.63) is 12.2 Å². The molecule has 1 nitrogen and oxygen atoms in total. The summed E-state index contributed by atoms with van der Waals surface area (Å²) in [4.78, 5) is 0. The normalized spacial score (nSPS) is 44.9. The van der Waals surface area contributed by atoms with E-state index in [-0.39, 0.29) is 0 Å². The lowest BCUT2D eigenvalue weighted by Gasteiger charge is -2.30. The minimum atomic E-state index is 0.373. The molecule has 0 saturated heterocycles. The molecule has 17 heavy (non-hydrogen) atoms. The van der Waals surface area contributed by atoms with Crippen molar-refractivity contribution in [1.29, 1.82) is 0 Å². The van der Waals surface area contributed by atoms with Crippen LogP contribution >= 0.6 is 11.8 Å². The quantitative estimate of drug-likeness (QED) is 0.644. The van der Waals surface area contributed by atoms with Crippen molar-refractivity contribution in [2.24, 2.45) is 23.7 Å². The molecule has 1 heterocycles. The molecule has 2 aliphatic rings. The van der Waals surface area contributed by atoms with Crippen LogP contribution in [0, 0.1) is 23.7 Å². The van der Waals surface area contributed by atoms with Crippen LogP contribution in [-0.4, -0.2) is 17.3 Å². The number of rotatable bonds is 1. The zero-order valence-electron chi connectivity index (χ0n) is 11.6. The minimum absolute atomic E-state index is 0.373. The van der Waals surface area contributed by atoms with Gasteiger partial charge in [-0.3, -0.25) is 0 Å². The average molecular weight is 254 g/mol. The second-order valence-corrected chi connectivity index (χ2v) is 7.24. The van der Waals surface area contributed by atoms with Crippen LogP contribution in [0.25, 0.3) is 0 Å². The maximum Gasteiger partial charge on any atom is 0.106 e. The first kappa shape index (κ1) is 13.5. The first-order valence-electron chi connectivity index (χ1n) is 7.01. The lowest BCUT2D eigenvalue weighted by molar-refractivity contribution is -0.0297. The predicted molar refractivity (Wildman–Crippen MR) is 76.1 cm³/mol. The summed E-state index contributed by atoms with van der Waals surface area (Å²) < 4.78 is 6.46. The van der Waals surface area contributed by atoms with Gasteiger partial charge in [0.05, 0.1) is 6.10 Å². The van der Waals surface area contributed by atoms with Gasteiger partial charge in [0.25, 0.3) is 0 Å². The number of thioether (sulfide) groups is 1. The Morgan fingerprint density at radius 1 is 1.18 bits per heavy atom. The van der Waals surface area contributed by atoms with Crippen molar-refractivity contribution < 1.29 is 4.74 Å². The highest BCUT2D eigenvalue weighted by atomic mass is 32.2. The summed E-state index contributed by atoms with van der Waals surface area (Å²) in [5, 5.41) is 0. The smallest absolute Gasteiger partial charge is 0.106 e. The second-order valence-electron chi connectivity index (χ2n) is 6.11. The molecular weight excluding hydrogens is 228 g/mol. The molecule has 5 unspecified atom stereocenters. The second kappa shape index (κ2) is 5.79. The summed E-state index contributed by atoms with van der Waals surface area (Å²) in [5.74, 6) is 3.99. The van der Waals surface area contributed by atoms with Gasteiger partial charge in [0.1, 0.15) is 5.44 Å². The van der Waals surface area contributed by atoms with E-state index < -0.39 is 0 Å². The molecule has 0 N–H and O–H groups in total. The lowest BCUT2D eigenvalue weighted by Crippen LogP contribution is -2.31. The standard InChI is InChI=1S/C15H26OS/c1-10(2)15-16-14-12(4)9-11(3)13(14)7-5-6-8-17-15/h5-6,10-15H,7-9H2,1-4H3/b6-5-. The van der Waals surface area contributed by atoms with Crippen molar-refractivity contribution in [3.8, 4) is 0 Å². The van der Waals surface area contributed by atoms with Crippen LogP contribution in [0.5, 0.6) is 0 Å². The molecule has 0 aromatic carbocycles. The summed E-state index contributed by atoms with van der Waals surface area (Å²) in [6.07, 6.45) is 7.74. The molecule has 2 heteroatoms. The van der Waals surface area contributed by atoms with Gasteiger partial charge < -0.3 is 4.74 Å². The third kappa shape index (κ3) is 3.08. The molecule has 1 aliphatic heterocycles. The third-order valence-electron chi connectivity index (χ3n) is 4.22. The molecule has 0 bridgehead atoms. The first-order chi connectivity index (χ1) is 8.09. The molecule has 2 rings (SSSR count). The van der Waals surface area contributed by atoms with Gasteiger partial charge in [-0.25, -0.2) is 0 Å². The van der Waals surface area contributed by atoms with Gasteiger partial charge in [-0.05, 0) is 36.5 Å². The maximum atomic E-state index is 6.46. The fraction of sp³-hybridized carbons (Fsp3) is 0.867. The zero-order chi connectivity index (χ0) is 12.4. The van der Waals surface area contributed by atoms with E-state index in [0.717, 1.165) is 23.5 Å². The zero-order valence-corrected chi connectivity index (χ0v) is 12.4. The van der Waals surface area contributed by atoms with Crippen molar-refractivity contribution in [2.75, 3.05) is 5.75 Å². The number of fused-ring (bicyclic) bond motifs is 1. The van der Waals surface area contributed by atoms with Crippen molar-refractivity contribution in [3.63, 3.8) is 0 Å². The Bertz CT molecular complexity index is 274. The van der Waals surface area contributed by atoms with Gasteiger partial charge in [0, 0.05) is 5.75 Å². The van der Waals surface area contributed by atoms with Crippen molar-refractivity contribution in [2.45, 2.75) is 52.1 Å². The molecule has 0 spiro atoms. The van der Waals surface area contributed by atoms with Gasteiger partial charge in [-0.1, -0.05) is 39.8 Å². The van der Waals surface area contributed by atoms with Gasteiger partial charge in [0.2, 0.25) is 0 Å². The first-order valence-corrected chi connectivity index (χ1v) is 8.06. The SMILES string of the molecule is CC(C)C1OC2C(C)CC(C)C2C/C=C\CS1. The van der Waals surface area contributed by atoms with Crippen LogP contribution in [0.15, 0.2) is 12.2 Å². The Hall–Kier alpha value is 0.0500. The highest BCUT2D eigenvalue weighted by molar-refractivity contribution is 7.99. The van der Waals surface area contributed by atoms with E-state index in [9.17, 15) is 0 Å². The Morgan fingerprint density at radius 2 is 1.94 bits per heavy atom. The minimum Gasteiger partial charge on any atom is -0.364 e. The van der Waals surface area contributed by atoms with E-state index in [0.29, 0.717) is 17.5 Å². The van der Waals surface area contributed by atoms with Crippen LogP contribution in [0.1, 0.15) is 40.5 Å². The monoisotopic (exact) mass is 254 g/mol. The van der Waals surface area contributed by atoms with E-state index in [1.165, 1.54) is 12.8 Å². The third-order valence-corrected chi connectivity index (χ3v) is 5.59. The molecule has 5 atom stereocenters. The molecule has 1 aliphatic carbocycles. The summed E-state index contributed by atoms with van der Waals surface area (Å²) in [7, 11) is 0. The van der Waals surface area contributed by atoms with Gasteiger partial charge in [-0.2, -0.15) is 0 Å². The fourth-order valence-electron chi connectivity index (χ4n) is 3.26. The van der Waals surface area contributed by atoms with Gasteiger partial charge >= 0.3 is 0 Å². The molecule has 1 saturated carbocycles. The lowest BCUT2D eigenvalue weighted by atomic mass is 9.92. The number of allylic oxidation sites excluding steroid dienone is 1. The summed E-state index contributed by atoms with van der Waals surface area (Å²) in [6, 6.07) is 0. The van der Waals surface area contributed by atoms with E-state index in [4.69, 9.17) is 4.74 Å². The average Bonchev–Trinajstić information content (AvgIpc) is 2.58. The maximum absolute atomic E-state index is 6.46. The largest absolute Gasteiger partial charge is 0.364 e. The molecule has 1 fully saturated rings.